The van der Waals surface area contributed by atoms with Crippen molar-refractivity contribution in [1.29, 1.82) is 0 Å². The van der Waals surface area contributed by atoms with E-state index in [9.17, 15) is 0 Å². The molecule has 4 heteroatoms. The second-order valence-electron chi connectivity index (χ2n) is 2.94. The topological polar surface area (TPSA) is 27.7 Å². The molecule has 3 nitrogen and oxygen atoms in total. The van der Waals surface area contributed by atoms with Gasteiger partial charge >= 0.3 is 8.80 Å². The molecule has 0 saturated carbocycles. The first-order valence-electron chi connectivity index (χ1n) is 5.30. The minimum absolute atomic E-state index is 0.603. The highest BCUT2D eigenvalue weighted by Gasteiger charge is 2.36. The van der Waals surface area contributed by atoms with E-state index in [1.807, 2.05) is 6.92 Å². The van der Waals surface area contributed by atoms with Gasteiger partial charge in [0.1, 0.15) is 0 Å². The summed E-state index contributed by atoms with van der Waals surface area (Å²) in [4.78, 5) is 0. The molecule has 0 bridgehead atoms. The van der Waals surface area contributed by atoms with E-state index in [1.54, 1.807) is 5.70 Å². The molecule has 0 aromatic heterocycles. The molecule has 0 aliphatic heterocycles. The molecule has 0 amide bonds. The van der Waals surface area contributed by atoms with Crippen LogP contribution < -0.4 is 0 Å². The Hall–Kier alpha value is -0.163. The van der Waals surface area contributed by atoms with Gasteiger partial charge in [-0.2, -0.15) is 0 Å². The van der Waals surface area contributed by atoms with E-state index >= 15 is 0 Å². The molecule has 0 fully saturated rings. The van der Waals surface area contributed by atoms with Crippen LogP contribution in [-0.4, -0.2) is 28.6 Å². The van der Waals surface area contributed by atoms with Crippen molar-refractivity contribution in [3.63, 3.8) is 0 Å². The molecule has 0 spiro atoms. The Labute approximate surface area is 88.4 Å². The van der Waals surface area contributed by atoms with Gasteiger partial charge in [0.2, 0.25) is 0 Å². The molecular weight excluding hydrogens is 196 g/mol. The summed E-state index contributed by atoms with van der Waals surface area (Å²) in [6.45, 7) is 11.8. The lowest BCUT2D eigenvalue weighted by Gasteiger charge is -2.25. The van der Waals surface area contributed by atoms with Crippen LogP contribution in [0.1, 0.15) is 33.6 Å². The summed E-state index contributed by atoms with van der Waals surface area (Å²) in [6, 6.07) is 0. The fourth-order valence-corrected chi connectivity index (χ4v) is 2.97. The lowest BCUT2D eigenvalue weighted by atomic mass is 10.5. The Morgan fingerprint density at radius 2 is 1.50 bits per heavy atom. The molecule has 0 radical (unpaired) electrons. The standard InChI is InChI=1S/C10H22O3Si/c1-5-9-12-14(8-4,11-7-3)13-10-6-2/h8H,4-7,9-10H2,1-3H3. The zero-order valence-electron chi connectivity index (χ0n) is 9.54. The summed E-state index contributed by atoms with van der Waals surface area (Å²) in [7, 11) is -2.55. The summed E-state index contributed by atoms with van der Waals surface area (Å²) in [5, 5.41) is 0. The van der Waals surface area contributed by atoms with Gasteiger partial charge < -0.3 is 13.3 Å². The average molecular weight is 218 g/mol. The van der Waals surface area contributed by atoms with Crippen LogP contribution in [0.25, 0.3) is 0 Å². The van der Waals surface area contributed by atoms with Gasteiger partial charge in [0.15, 0.2) is 0 Å². The summed E-state index contributed by atoms with van der Waals surface area (Å²) >= 11 is 0. The number of hydrogen-bond donors (Lipinski definition) is 0. The number of rotatable bonds is 9. The Balaban J connectivity index is 4.18. The highest BCUT2D eigenvalue weighted by molar-refractivity contribution is 6.66. The van der Waals surface area contributed by atoms with Gasteiger partial charge in [-0.25, -0.2) is 0 Å². The monoisotopic (exact) mass is 218 g/mol. The fourth-order valence-electron chi connectivity index (χ4n) is 0.992. The first-order valence-corrected chi connectivity index (χ1v) is 7.10. The normalized spacial score (nSPS) is 11.6. The van der Waals surface area contributed by atoms with Gasteiger partial charge in [0.05, 0.1) is 0 Å². The molecule has 14 heavy (non-hydrogen) atoms. The molecule has 0 aliphatic carbocycles. The van der Waals surface area contributed by atoms with Gasteiger partial charge in [-0.15, -0.1) is 0 Å². The smallest absolute Gasteiger partial charge is 0.371 e. The zero-order chi connectivity index (χ0) is 10.9. The maximum Gasteiger partial charge on any atom is 0.529 e. The van der Waals surface area contributed by atoms with Crippen molar-refractivity contribution < 1.29 is 13.3 Å². The van der Waals surface area contributed by atoms with Crippen LogP contribution in [0.2, 0.25) is 0 Å². The minimum Gasteiger partial charge on any atom is -0.371 e. The van der Waals surface area contributed by atoms with E-state index in [1.165, 1.54) is 0 Å². The predicted molar refractivity (Wildman–Crippen MR) is 60.1 cm³/mol. The van der Waals surface area contributed by atoms with E-state index in [-0.39, 0.29) is 0 Å². The number of hydrogen-bond acceptors (Lipinski definition) is 3. The SMILES string of the molecule is C=C[Si](OCC)(OCCC)OCCC. The minimum atomic E-state index is -2.55. The Kier molecular flexibility index (Phi) is 8.08. The summed E-state index contributed by atoms with van der Waals surface area (Å²) in [6.07, 6.45) is 1.93. The average Bonchev–Trinajstić information content (AvgIpc) is 2.22. The summed E-state index contributed by atoms with van der Waals surface area (Å²) in [5.74, 6) is 0. The highest BCUT2D eigenvalue weighted by Crippen LogP contribution is 2.11. The molecule has 0 atom stereocenters. The van der Waals surface area contributed by atoms with Crippen LogP contribution >= 0.6 is 0 Å². The van der Waals surface area contributed by atoms with Crippen molar-refractivity contribution in [2.75, 3.05) is 19.8 Å². The molecule has 0 unspecified atom stereocenters. The maximum atomic E-state index is 5.65. The highest BCUT2D eigenvalue weighted by atomic mass is 28.4. The zero-order valence-corrected chi connectivity index (χ0v) is 10.5. The van der Waals surface area contributed by atoms with E-state index in [0.29, 0.717) is 19.8 Å². The summed E-state index contributed by atoms with van der Waals surface area (Å²) < 4.78 is 16.9. The van der Waals surface area contributed by atoms with Crippen LogP contribution in [0.3, 0.4) is 0 Å². The van der Waals surface area contributed by atoms with E-state index in [2.05, 4.69) is 20.4 Å². The first-order chi connectivity index (χ1) is 6.74. The Morgan fingerprint density at radius 1 is 1.00 bits per heavy atom. The quantitative estimate of drug-likeness (QED) is 0.557. The predicted octanol–water partition coefficient (Wildman–Crippen LogP) is 2.54. The van der Waals surface area contributed by atoms with Crippen LogP contribution in [0, 0.1) is 0 Å². The third-order valence-corrected chi connectivity index (χ3v) is 4.01. The molecule has 0 aliphatic rings. The van der Waals surface area contributed by atoms with Crippen molar-refractivity contribution in [2.24, 2.45) is 0 Å². The van der Waals surface area contributed by atoms with E-state index < -0.39 is 8.80 Å². The largest absolute Gasteiger partial charge is 0.529 e. The van der Waals surface area contributed by atoms with Crippen molar-refractivity contribution in [3.8, 4) is 0 Å². The van der Waals surface area contributed by atoms with Gasteiger partial charge in [-0.1, -0.05) is 20.4 Å². The van der Waals surface area contributed by atoms with E-state index in [0.717, 1.165) is 12.8 Å². The second kappa shape index (κ2) is 8.17. The molecule has 0 saturated heterocycles. The molecule has 0 rings (SSSR count). The van der Waals surface area contributed by atoms with Gasteiger partial charge in [0, 0.05) is 19.8 Å². The molecule has 0 aromatic carbocycles. The van der Waals surface area contributed by atoms with Crippen LogP contribution in [0.5, 0.6) is 0 Å². The fraction of sp³-hybridized carbons (Fsp3) is 0.800. The lowest BCUT2D eigenvalue weighted by molar-refractivity contribution is 0.0757. The van der Waals surface area contributed by atoms with Crippen molar-refractivity contribution in [1.82, 2.24) is 0 Å². The van der Waals surface area contributed by atoms with Gasteiger partial charge in [-0.05, 0) is 25.5 Å². The van der Waals surface area contributed by atoms with Gasteiger partial charge in [0.25, 0.3) is 0 Å². The first kappa shape index (κ1) is 13.8. The van der Waals surface area contributed by atoms with E-state index in [4.69, 9.17) is 13.3 Å². The van der Waals surface area contributed by atoms with Crippen molar-refractivity contribution in [3.05, 3.63) is 12.3 Å². The molecular formula is C10H22O3Si. The molecule has 0 aromatic rings. The maximum absolute atomic E-state index is 5.65. The molecule has 0 heterocycles. The van der Waals surface area contributed by atoms with Crippen LogP contribution in [0.4, 0.5) is 0 Å². The summed E-state index contributed by atoms with van der Waals surface area (Å²) in [5.41, 5.74) is 1.71. The lowest BCUT2D eigenvalue weighted by Crippen LogP contribution is -2.44. The molecule has 0 N–H and O–H groups in total. The second-order valence-corrected chi connectivity index (χ2v) is 5.42. The van der Waals surface area contributed by atoms with Crippen molar-refractivity contribution >= 4 is 8.80 Å². The van der Waals surface area contributed by atoms with Crippen LogP contribution in [-0.2, 0) is 13.3 Å². The Morgan fingerprint density at radius 3 is 1.79 bits per heavy atom. The van der Waals surface area contributed by atoms with Crippen molar-refractivity contribution in [2.45, 2.75) is 33.6 Å². The third kappa shape index (κ3) is 4.90. The Bertz CT molecular complexity index is 142. The third-order valence-electron chi connectivity index (χ3n) is 1.61. The van der Waals surface area contributed by atoms with Gasteiger partial charge in [-0.3, -0.25) is 0 Å². The molecule has 84 valence electrons. The van der Waals surface area contributed by atoms with Crippen LogP contribution in [0.15, 0.2) is 12.3 Å².